The van der Waals surface area contributed by atoms with Gasteiger partial charge >= 0.3 is 6.01 Å². The first-order valence-corrected chi connectivity index (χ1v) is 15.1. The van der Waals surface area contributed by atoms with E-state index in [2.05, 4.69) is 31.6 Å². The molecule has 43 heavy (non-hydrogen) atoms. The Labute approximate surface area is 249 Å². The van der Waals surface area contributed by atoms with Crippen molar-refractivity contribution in [2.75, 3.05) is 42.6 Å². The Balaban J connectivity index is 1.05. The Hall–Kier alpha value is -3.71. The number of carbonyl (C=O) groups excluding carboxylic acids is 1. The van der Waals surface area contributed by atoms with Crippen LogP contribution >= 0.6 is 0 Å². The first-order valence-electron chi connectivity index (χ1n) is 15.1. The molecule has 3 aliphatic heterocycles. The minimum atomic E-state index is -0.603. The third kappa shape index (κ3) is 6.77. The molecule has 1 amide bonds. The molecule has 2 aromatic heterocycles. The van der Waals surface area contributed by atoms with Crippen molar-refractivity contribution in [1.29, 1.82) is 0 Å². The number of ether oxygens (including phenoxy) is 1. The average molecular weight is 597 g/mol. The largest absolute Gasteiger partial charge is 0.370 e. The lowest BCUT2D eigenvalue weighted by atomic mass is 10.00. The highest BCUT2D eigenvalue weighted by Crippen LogP contribution is 2.35. The standard InChI is InChI=1S/C30H38F2N8O3/c1-2-21(31)5-6-22(32)14-19-17-39(18-25(19)33)29-34-15-20(16-35-29)28(41)40(23-7-8-23)24-9-11-38(12-10-24)30-36-27(37-43-30)26-4-3-13-42-26/h2,5-6,15-16,19,23-26H,1,3-4,7-14,17-18,33H2/b21-5+,22-6+/t19-,25-,26+/m0/s1. The summed E-state index contributed by atoms with van der Waals surface area (Å²) in [6, 6.07) is 0.557. The molecule has 0 spiro atoms. The fourth-order valence-corrected chi connectivity index (χ4v) is 6.16. The van der Waals surface area contributed by atoms with Crippen LogP contribution in [0.25, 0.3) is 0 Å². The van der Waals surface area contributed by atoms with Crippen LogP contribution in [-0.2, 0) is 4.74 Å². The Morgan fingerprint density at radius 1 is 1.07 bits per heavy atom. The molecule has 4 aliphatic rings. The molecule has 4 fully saturated rings. The van der Waals surface area contributed by atoms with Crippen LogP contribution in [-0.4, -0.2) is 81.8 Å². The normalized spacial score (nSPS) is 25.4. The van der Waals surface area contributed by atoms with Crippen LogP contribution in [0.1, 0.15) is 67.2 Å². The predicted molar refractivity (Wildman–Crippen MR) is 156 cm³/mol. The maximum atomic E-state index is 14.3. The highest BCUT2D eigenvalue weighted by molar-refractivity contribution is 5.94. The highest BCUT2D eigenvalue weighted by atomic mass is 19.1. The van der Waals surface area contributed by atoms with Gasteiger partial charge < -0.3 is 29.7 Å². The number of aromatic nitrogens is 4. The molecule has 2 aromatic rings. The molecule has 230 valence electrons. The molecule has 6 rings (SSSR count). The summed E-state index contributed by atoms with van der Waals surface area (Å²) in [7, 11) is 0. The number of carbonyl (C=O) groups is 1. The molecule has 13 heteroatoms. The van der Waals surface area contributed by atoms with E-state index in [0.717, 1.165) is 76.4 Å². The second-order valence-corrected chi connectivity index (χ2v) is 11.8. The summed E-state index contributed by atoms with van der Waals surface area (Å²) in [5.74, 6) is -0.232. The Morgan fingerprint density at radius 2 is 1.81 bits per heavy atom. The molecule has 3 saturated heterocycles. The van der Waals surface area contributed by atoms with E-state index in [1.165, 1.54) is 0 Å². The molecule has 0 bridgehead atoms. The van der Waals surface area contributed by atoms with Crippen molar-refractivity contribution in [3.05, 3.63) is 60.2 Å². The van der Waals surface area contributed by atoms with Gasteiger partial charge in [0.15, 0.2) is 0 Å². The summed E-state index contributed by atoms with van der Waals surface area (Å²) in [4.78, 5) is 33.2. The van der Waals surface area contributed by atoms with Gasteiger partial charge in [0.1, 0.15) is 17.8 Å². The molecule has 2 N–H and O–H groups in total. The molecular formula is C30H38F2N8O3. The molecule has 5 heterocycles. The zero-order valence-corrected chi connectivity index (χ0v) is 24.2. The maximum Gasteiger partial charge on any atom is 0.324 e. The van der Waals surface area contributed by atoms with Crippen molar-refractivity contribution >= 4 is 17.9 Å². The lowest BCUT2D eigenvalue weighted by molar-refractivity contribution is 0.0628. The monoisotopic (exact) mass is 596 g/mol. The molecular weight excluding hydrogens is 558 g/mol. The summed E-state index contributed by atoms with van der Waals surface area (Å²) in [6.45, 7) is 6.40. The third-order valence-electron chi connectivity index (χ3n) is 8.69. The third-order valence-corrected chi connectivity index (χ3v) is 8.69. The van der Waals surface area contributed by atoms with Gasteiger partial charge in [-0.1, -0.05) is 11.7 Å². The van der Waals surface area contributed by atoms with Crippen LogP contribution in [0.5, 0.6) is 0 Å². The van der Waals surface area contributed by atoms with E-state index in [1.54, 1.807) is 12.4 Å². The van der Waals surface area contributed by atoms with Crippen LogP contribution in [0.2, 0.25) is 0 Å². The number of allylic oxidation sites excluding steroid dienone is 5. The zero-order chi connectivity index (χ0) is 29.9. The second kappa shape index (κ2) is 12.9. The SMILES string of the molecule is C=C/C(F)=C\C=C(\F)C[C@H]1CN(c2ncc(C(=O)N(C3CC3)C3CCN(c4nc([C@H]5CCCO5)no4)CC3)cn2)C[C@@H]1N. The fraction of sp³-hybridized carbons (Fsp3) is 0.567. The van der Waals surface area contributed by atoms with Crippen LogP contribution in [0.15, 0.2) is 53.4 Å². The number of halogens is 2. The van der Waals surface area contributed by atoms with E-state index in [4.69, 9.17) is 15.0 Å². The number of hydrogen-bond donors (Lipinski definition) is 1. The molecule has 0 unspecified atom stereocenters. The summed E-state index contributed by atoms with van der Waals surface area (Å²) in [6.07, 6.45) is 11.8. The summed E-state index contributed by atoms with van der Waals surface area (Å²) < 4.78 is 38.7. The van der Waals surface area contributed by atoms with Gasteiger partial charge in [-0.05, 0) is 62.7 Å². The van der Waals surface area contributed by atoms with Gasteiger partial charge in [-0.15, -0.1) is 0 Å². The van der Waals surface area contributed by atoms with E-state index in [1.807, 2.05) is 9.80 Å². The van der Waals surface area contributed by atoms with Gasteiger partial charge in [-0.25, -0.2) is 18.7 Å². The van der Waals surface area contributed by atoms with Crippen molar-refractivity contribution in [2.45, 2.75) is 69.2 Å². The Bertz CT molecular complexity index is 1350. The molecule has 0 aromatic carbocycles. The predicted octanol–water partition coefficient (Wildman–Crippen LogP) is 4.03. The van der Waals surface area contributed by atoms with E-state index in [-0.39, 0.29) is 42.5 Å². The number of nitrogens with two attached hydrogens (primary N) is 1. The summed E-state index contributed by atoms with van der Waals surface area (Å²) >= 11 is 0. The number of hydrogen-bond acceptors (Lipinski definition) is 10. The molecule has 1 saturated carbocycles. The molecule has 3 atom stereocenters. The van der Waals surface area contributed by atoms with Crippen molar-refractivity contribution < 1.29 is 22.8 Å². The van der Waals surface area contributed by atoms with Gasteiger partial charge in [0, 0.05) is 69.7 Å². The topological polar surface area (TPSA) is 127 Å². The van der Waals surface area contributed by atoms with E-state index >= 15 is 0 Å². The number of rotatable bonds is 10. The van der Waals surface area contributed by atoms with E-state index in [0.29, 0.717) is 36.4 Å². The zero-order valence-electron chi connectivity index (χ0n) is 24.2. The van der Waals surface area contributed by atoms with Gasteiger partial charge in [-0.3, -0.25) is 4.79 Å². The van der Waals surface area contributed by atoms with Gasteiger partial charge in [0.25, 0.3) is 5.91 Å². The number of piperidine rings is 1. The first-order chi connectivity index (χ1) is 20.9. The second-order valence-electron chi connectivity index (χ2n) is 11.8. The summed E-state index contributed by atoms with van der Waals surface area (Å²) in [5.41, 5.74) is 6.72. The minimum absolute atomic E-state index is 0.0611. The Morgan fingerprint density at radius 3 is 2.49 bits per heavy atom. The van der Waals surface area contributed by atoms with Gasteiger partial charge in [-0.2, -0.15) is 4.98 Å². The lowest BCUT2D eigenvalue weighted by Crippen LogP contribution is -2.48. The van der Waals surface area contributed by atoms with Gasteiger partial charge in [0.2, 0.25) is 11.8 Å². The van der Waals surface area contributed by atoms with Crippen LogP contribution in [0.3, 0.4) is 0 Å². The number of anilines is 2. The molecule has 0 radical (unpaired) electrons. The molecule has 11 nitrogen and oxygen atoms in total. The summed E-state index contributed by atoms with van der Waals surface area (Å²) in [5, 5.41) is 4.13. The van der Waals surface area contributed by atoms with Crippen molar-refractivity contribution in [1.82, 2.24) is 25.0 Å². The van der Waals surface area contributed by atoms with Crippen molar-refractivity contribution in [3.8, 4) is 0 Å². The van der Waals surface area contributed by atoms with E-state index in [9.17, 15) is 13.6 Å². The quantitative estimate of drug-likeness (QED) is 0.402. The maximum absolute atomic E-state index is 14.3. The fourth-order valence-electron chi connectivity index (χ4n) is 6.16. The van der Waals surface area contributed by atoms with Crippen LogP contribution in [0.4, 0.5) is 20.7 Å². The number of amides is 1. The average Bonchev–Trinajstić information content (AvgIpc) is 3.38. The van der Waals surface area contributed by atoms with Crippen LogP contribution < -0.4 is 15.5 Å². The van der Waals surface area contributed by atoms with E-state index < -0.39 is 11.7 Å². The Kier molecular flexibility index (Phi) is 8.80. The van der Waals surface area contributed by atoms with Crippen LogP contribution in [0, 0.1) is 5.92 Å². The number of nitrogens with zero attached hydrogens (tertiary/aromatic N) is 7. The lowest BCUT2D eigenvalue weighted by Gasteiger charge is -2.38. The van der Waals surface area contributed by atoms with Crippen molar-refractivity contribution in [3.63, 3.8) is 0 Å². The van der Waals surface area contributed by atoms with Crippen molar-refractivity contribution in [2.24, 2.45) is 11.7 Å². The molecule has 1 aliphatic carbocycles. The first kappa shape index (κ1) is 29.4. The highest BCUT2D eigenvalue weighted by Gasteiger charge is 2.40. The van der Waals surface area contributed by atoms with Gasteiger partial charge in [0.05, 0.1) is 5.56 Å². The minimum Gasteiger partial charge on any atom is -0.370 e. The smallest absolute Gasteiger partial charge is 0.324 e.